The van der Waals surface area contributed by atoms with Gasteiger partial charge in [0.15, 0.2) is 0 Å². The second-order valence-corrected chi connectivity index (χ2v) is 9.78. The van der Waals surface area contributed by atoms with E-state index in [1.165, 1.54) is 36.6 Å². The van der Waals surface area contributed by atoms with Crippen LogP contribution < -0.4 is 5.32 Å². The first kappa shape index (κ1) is 23.4. The first-order chi connectivity index (χ1) is 14.5. The van der Waals surface area contributed by atoms with Crippen LogP contribution in [0.3, 0.4) is 0 Å². The van der Waals surface area contributed by atoms with E-state index in [0.717, 1.165) is 51.4 Å². The number of alkyl halides is 1. The molecular weight excluding hydrogens is 398 g/mol. The molecule has 4 nitrogen and oxygen atoms in total. The number of fused-ring (bicyclic) bond motifs is 1. The van der Waals surface area contributed by atoms with E-state index in [1.54, 1.807) is 0 Å². The van der Waals surface area contributed by atoms with Crippen molar-refractivity contribution >= 4 is 17.7 Å². The number of ether oxygens (including phenoxy) is 2. The SMILES string of the molecule is CCCCC1CC(Cl)CC2(CCc3cc(C(CCC)CNC(=O)OC)ccc3C2)O1. The van der Waals surface area contributed by atoms with E-state index in [9.17, 15) is 4.79 Å². The van der Waals surface area contributed by atoms with E-state index in [2.05, 4.69) is 37.4 Å². The van der Waals surface area contributed by atoms with Gasteiger partial charge in [0.05, 0.1) is 18.8 Å². The molecule has 1 aliphatic heterocycles. The summed E-state index contributed by atoms with van der Waals surface area (Å²) >= 11 is 6.69. The number of hydrogen-bond acceptors (Lipinski definition) is 3. The lowest BCUT2D eigenvalue weighted by atomic mass is 9.74. The Morgan fingerprint density at radius 3 is 2.90 bits per heavy atom. The van der Waals surface area contributed by atoms with Crippen molar-refractivity contribution in [1.82, 2.24) is 5.32 Å². The predicted octanol–water partition coefficient (Wildman–Crippen LogP) is 6.13. The molecule has 4 unspecified atom stereocenters. The summed E-state index contributed by atoms with van der Waals surface area (Å²) in [5, 5.41) is 3.09. The number of nitrogens with one attached hydrogen (secondary N) is 1. The summed E-state index contributed by atoms with van der Waals surface area (Å²) in [7, 11) is 1.41. The number of halogens is 1. The lowest BCUT2D eigenvalue weighted by Crippen LogP contribution is -2.48. The zero-order valence-corrected chi connectivity index (χ0v) is 19.6. The van der Waals surface area contributed by atoms with Gasteiger partial charge in [0, 0.05) is 24.3 Å². The molecule has 3 rings (SSSR count). The molecular formula is C25H38ClNO3. The highest BCUT2D eigenvalue weighted by atomic mass is 35.5. The van der Waals surface area contributed by atoms with Crippen LogP contribution in [-0.2, 0) is 22.3 Å². The average Bonchev–Trinajstić information content (AvgIpc) is 2.74. The van der Waals surface area contributed by atoms with Crippen molar-refractivity contribution in [2.75, 3.05) is 13.7 Å². The summed E-state index contributed by atoms with van der Waals surface area (Å²) in [6.07, 6.45) is 10.6. The number of unbranched alkanes of at least 4 members (excludes halogenated alkanes) is 1. The molecule has 1 fully saturated rings. The standard InChI is InChI=1S/C25H38ClNO3/c1-4-6-8-23-14-22(26)16-25(30-23)12-11-19-13-18(9-10-20(19)15-25)21(7-5-2)17-27-24(28)29-3/h9-10,13,21-23H,4-8,11-12,14-17H2,1-3H3,(H,27,28). The maximum Gasteiger partial charge on any atom is 0.406 e. The maximum absolute atomic E-state index is 11.5. The first-order valence-corrected chi connectivity index (χ1v) is 12.2. The molecule has 168 valence electrons. The van der Waals surface area contributed by atoms with Crippen molar-refractivity contribution in [2.45, 2.75) is 101 Å². The zero-order chi connectivity index (χ0) is 21.6. The number of alkyl carbamates (subject to hydrolysis) is 1. The molecule has 0 saturated carbocycles. The van der Waals surface area contributed by atoms with E-state index in [4.69, 9.17) is 21.1 Å². The van der Waals surface area contributed by atoms with Gasteiger partial charge in [-0.05, 0) is 55.2 Å². The molecule has 2 aliphatic rings. The fourth-order valence-corrected chi connectivity index (χ4v) is 5.70. The molecule has 1 aromatic rings. The Morgan fingerprint density at radius 1 is 1.33 bits per heavy atom. The molecule has 1 saturated heterocycles. The van der Waals surface area contributed by atoms with Gasteiger partial charge in [-0.1, -0.05) is 51.3 Å². The van der Waals surface area contributed by atoms with Crippen molar-refractivity contribution < 1.29 is 14.3 Å². The highest BCUT2D eigenvalue weighted by Gasteiger charge is 2.43. The molecule has 5 heteroatoms. The van der Waals surface area contributed by atoms with Gasteiger partial charge in [-0.3, -0.25) is 0 Å². The van der Waals surface area contributed by atoms with Crippen molar-refractivity contribution in [3.63, 3.8) is 0 Å². The smallest absolute Gasteiger partial charge is 0.406 e. The fourth-order valence-electron chi connectivity index (χ4n) is 5.22. The Bertz CT molecular complexity index is 710. The molecule has 0 radical (unpaired) electrons. The third-order valence-corrected chi connectivity index (χ3v) is 7.12. The van der Waals surface area contributed by atoms with Crippen LogP contribution in [0, 0.1) is 0 Å². The number of rotatable bonds is 8. The predicted molar refractivity (Wildman–Crippen MR) is 123 cm³/mol. The van der Waals surface area contributed by atoms with Gasteiger partial charge >= 0.3 is 6.09 Å². The Balaban J connectivity index is 1.71. The van der Waals surface area contributed by atoms with E-state index >= 15 is 0 Å². The number of methoxy groups -OCH3 is 1. The van der Waals surface area contributed by atoms with Crippen LogP contribution in [0.5, 0.6) is 0 Å². The van der Waals surface area contributed by atoms with E-state index in [-0.39, 0.29) is 17.1 Å². The number of aryl methyl sites for hydroxylation is 1. The number of carbonyl (C=O) groups is 1. The topological polar surface area (TPSA) is 47.6 Å². The first-order valence-electron chi connectivity index (χ1n) is 11.7. The largest absolute Gasteiger partial charge is 0.453 e. The molecule has 1 amide bonds. The second kappa shape index (κ2) is 10.9. The van der Waals surface area contributed by atoms with Crippen molar-refractivity contribution in [2.24, 2.45) is 0 Å². The summed E-state index contributed by atoms with van der Waals surface area (Å²) in [5.41, 5.74) is 4.06. The van der Waals surface area contributed by atoms with Crippen LogP contribution in [-0.4, -0.2) is 36.8 Å². The zero-order valence-electron chi connectivity index (χ0n) is 18.8. The van der Waals surface area contributed by atoms with Gasteiger partial charge in [-0.25, -0.2) is 4.79 Å². The lowest BCUT2D eigenvalue weighted by molar-refractivity contribution is -0.135. The van der Waals surface area contributed by atoms with Crippen LogP contribution in [0.15, 0.2) is 18.2 Å². The summed E-state index contributed by atoms with van der Waals surface area (Å²) in [4.78, 5) is 11.5. The Hall–Kier alpha value is -1.26. The Labute approximate surface area is 187 Å². The van der Waals surface area contributed by atoms with Crippen molar-refractivity contribution in [3.8, 4) is 0 Å². The number of benzene rings is 1. The second-order valence-electron chi connectivity index (χ2n) is 9.17. The quantitative estimate of drug-likeness (QED) is 0.499. The fraction of sp³-hybridized carbons (Fsp3) is 0.720. The maximum atomic E-state index is 11.5. The molecule has 0 aromatic heterocycles. The van der Waals surface area contributed by atoms with E-state index in [1.807, 2.05) is 0 Å². The number of amides is 1. The van der Waals surface area contributed by atoms with Crippen LogP contribution in [0.1, 0.15) is 87.8 Å². The molecule has 1 aliphatic carbocycles. The normalized spacial score (nSPS) is 26.8. The van der Waals surface area contributed by atoms with Crippen LogP contribution in [0.2, 0.25) is 0 Å². The monoisotopic (exact) mass is 435 g/mol. The van der Waals surface area contributed by atoms with Crippen LogP contribution in [0.25, 0.3) is 0 Å². The highest BCUT2D eigenvalue weighted by molar-refractivity contribution is 6.20. The third-order valence-electron chi connectivity index (χ3n) is 6.79. The van der Waals surface area contributed by atoms with Gasteiger partial charge in [-0.2, -0.15) is 0 Å². The summed E-state index contributed by atoms with van der Waals surface area (Å²) < 4.78 is 11.4. The molecule has 1 heterocycles. The van der Waals surface area contributed by atoms with Gasteiger partial charge in [0.1, 0.15) is 0 Å². The van der Waals surface area contributed by atoms with Gasteiger partial charge in [-0.15, -0.1) is 11.6 Å². The van der Waals surface area contributed by atoms with E-state index in [0.29, 0.717) is 18.6 Å². The minimum absolute atomic E-state index is 0.0904. The summed E-state index contributed by atoms with van der Waals surface area (Å²) in [6.45, 7) is 5.03. The minimum atomic E-state index is -0.362. The molecule has 0 bridgehead atoms. The highest BCUT2D eigenvalue weighted by Crippen LogP contribution is 2.43. The molecule has 4 atom stereocenters. The van der Waals surface area contributed by atoms with Gasteiger partial charge < -0.3 is 14.8 Å². The van der Waals surface area contributed by atoms with Crippen LogP contribution >= 0.6 is 11.6 Å². The molecule has 1 spiro atoms. The number of hydrogen-bond donors (Lipinski definition) is 1. The van der Waals surface area contributed by atoms with Crippen molar-refractivity contribution in [1.29, 1.82) is 0 Å². The van der Waals surface area contributed by atoms with E-state index < -0.39 is 0 Å². The van der Waals surface area contributed by atoms with Gasteiger partial charge in [0.25, 0.3) is 0 Å². The molecule has 1 aromatic carbocycles. The lowest BCUT2D eigenvalue weighted by Gasteiger charge is -2.46. The Kier molecular flexibility index (Phi) is 8.47. The van der Waals surface area contributed by atoms with Gasteiger partial charge in [0.2, 0.25) is 0 Å². The minimum Gasteiger partial charge on any atom is -0.453 e. The molecule has 1 N–H and O–H groups in total. The average molecular weight is 436 g/mol. The third kappa shape index (κ3) is 5.91. The van der Waals surface area contributed by atoms with Crippen LogP contribution in [0.4, 0.5) is 4.79 Å². The summed E-state index contributed by atoms with van der Waals surface area (Å²) in [5.74, 6) is 0.312. The summed E-state index contributed by atoms with van der Waals surface area (Å²) in [6, 6.07) is 6.89. The molecule has 30 heavy (non-hydrogen) atoms. The Morgan fingerprint density at radius 2 is 2.17 bits per heavy atom. The van der Waals surface area contributed by atoms with Crippen molar-refractivity contribution in [3.05, 3.63) is 34.9 Å². The number of carbonyl (C=O) groups excluding carboxylic acids is 1.